The van der Waals surface area contributed by atoms with Crippen molar-refractivity contribution in [2.75, 3.05) is 23.3 Å². The summed E-state index contributed by atoms with van der Waals surface area (Å²) in [5.41, 5.74) is 1.84. The number of nitrogens with one attached hydrogen (secondary N) is 2. The van der Waals surface area contributed by atoms with Crippen LogP contribution in [0.3, 0.4) is 0 Å². The molecule has 1 aromatic carbocycles. The second-order valence-electron chi connectivity index (χ2n) is 4.61. The van der Waals surface area contributed by atoms with Crippen LogP contribution in [0.4, 0.5) is 17.5 Å². The second-order valence-corrected chi connectivity index (χ2v) is 4.61. The summed E-state index contributed by atoms with van der Waals surface area (Å²) in [5.74, 6) is 1.47. The fourth-order valence-corrected chi connectivity index (χ4v) is 2.33. The number of nitrogens with zero attached hydrogens (tertiary/aromatic N) is 4. The number of benzene rings is 1. The Morgan fingerprint density at radius 1 is 1.14 bits per heavy atom. The van der Waals surface area contributed by atoms with Gasteiger partial charge in [-0.25, -0.2) is 0 Å². The fourth-order valence-electron chi connectivity index (χ4n) is 2.33. The Morgan fingerprint density at radius 3 is 2.67 bits per heavy atom. The number of H-pyrrole nitrogens is 1. The zero-order chi connectivity index (χ0) is 14.7. The molecule has 0 saturated carbocycles. The summed E-state index contributed by atoms with van der Waals surface area (Å²) in [7, 11) is 0. The number of fused-ring (bicyclic) bond motifs is 1. The molecular weight excluding hydrogens is 264 g/mol. The van der Waals surface area contributed by atoms with Gasteiger partial charge in [-0.1, -0.05) is 18.2 Å². The van der Waals surface area contributed by atoms with E-state index in [2.05, 4.69) is 49.4 Å². The molecule has 6 heteroatoms. The minimum absolute atomic E-state index is 0.610. The summed E-state index contributed by atoms with van der Waals surface area (Å²) in [6.45, 7) is 5.71. The van der Waals surface area contributed by atoms with Gasteiger partial charge in [0.1, 0.15) is 5.82 Å². The zero-order valence-electron chi connectivity index (χ0n) is 12.2. The van der Waals surface area contributed by atoms with E-state index in [0.717, 1.165) is 35.6 Å². The first kappa shape index (κ1) is 13.4. The molecule has 2 heterocycles. The number of aromatic nitrogens is 4. The maximum atomic E-state index is 4.65. The summed E-state index contributed by atoms with van der Waals surface area (Å²) < 4.78 is 0. The van der Waals surface area contributed by atoms with E-state index in [1.807, 2.05) is 25.1 Å². The number of para-hydroxylation sites is 1. The molecule has 0 saturated heterocycles. The van der Waals surface area contributed by atoms with Crippen LogP contribution < -0.4 is 10.2 Å². The number of hydrogen-bond donors (Lipinski definition) is 2. The van der Waals surface area contributed by atoms with Crippen molar-refractivity contribution in [3.8, 4) is 0 Å². The number of rotatable bonds is 5. The largest absolute Gasteiger partial charge is 0.354 e. The Labute approximate surface area is 123 Å². The average Bonchev–Trinajstić information content (AvgIpc) is 2.98. The predicted octanol–water partition coefficient (Wildman–Crippen LogP) is 2.94. The maximum Gasteiger partial charge on any atom is 0.226 e. The molecule has 0 unspecified atom stereocenters. The molecule has 2 aromatic heterocycles. The summed E-state index contributed by atoms with van der Waals surface area (Å²) in [5, 5.41) is 11.1. The van der Waals surface area contributed by atoms with Crippen LogP contribution in [-0.4, -0.2) is 33.3 Å². The maximum absolute atomic E-state index is 4.65. The smallest absolute Gasteiger partial charge is 0.226 e. The lowest BCUT2D eigenvalue weighted by Gasteiger charge is -2.23. The first-order valence-corrected chi connectivity index (χ1v) is 7.11. The van der Waals surface area contributed by atoms with E-state index in [4.69, 9.17) is 0 Å². The summed E-state index contributed by atoms with van der Waals surface area (Å²) in [6.07, 6.45) is 1.77. The molecular formula is C15H18N6. The van der Waals surface area contributed by atoms with Gasteiger partial charge in [0.05, 0.1) is 11.6 Å². The average molecular weight is 282 g/mol. The highest BCUT2D eigenvalue weighted by atomic mass is 15.3. The highest BCUT2D eigenvalue weighted by Gasteiger charge is 2.16. The van der Waals surface area contributed by atoms with E-state index in [1.54, 1.807) is 6.20 Å². The lowest BCUT2D eigenvalue weighted by Crippen LogP contribution is -2.18. The minimum Gasteiger partial charge on any atom is -0.354 e. The normalized spacial score (nSPS) is 10.8. The lowest BCUT2D eigenvalue weighted by atomic mass is 10.2. The van der Waals surface area contributed by atoms with Gasteiger partial charge in [-0.2, -0.15) is 15.1 Å². The predicted molar refractivity (Wildman–Crippen MR) is 85.0 cm³/mol. The van der Waals surface area contributed by atoms with Crippen LogP contribution in [0.1, 0.15) is 13.8 Å². The van der Waals surface area contributed by atoms with Crippen LogP contribution in [0.25, 0.3) is 11.0 Å². The van der Waals surface area contributed by atoms with E-state index in [1.165, 1.54) is 0 Å². The Hall–Kier alpha value is -2.63. The van der Waals surface area contributed by atoms with Crippen molar-refractivity contribution in [2.24, 2.45) is 0 Å². The van der Waals surface area contributed by atoms with Gasteiger partial charge in [0.15, 0.2) is 5.65 Å². The van der Waals surface area contributed by atoms with Crippen molar-refractivity contribution in [1.29, 1.82) is 0 Å². The van der Waals surface area contributed by atoms with Crippen molar-refractivity contribution in [3.05, 3.63) is 36.5 Å². The molecule has 108 valence electrons. The molecule has 0 spiro atoms. The van der Waals surface area contributed by atoms with Gasteiger partial charge in [-0.05, 0) is 26.0 Å². The third-order valence-corrected chi connectivity index (χ3v) is 3.26. The number of anilines is 3. The van der Waals surface area contributed by atoms with Crippen molar-refractivity contribution in [1.82, 2.24) is 20.2 Å². The highest BCUT2D eigenvalue weighted by molar-refractivity contribution is 5.89. The third kappa shape index (κ3) is 2.52. The molecule has 2 N–H and O–H groups in total. The molecule has 0 amide bonds. The third-order valence-electron chi connectivity index (χ3n) is 3.26. The van der Waals surface area contributed by atoms with E-state index in [9.17, 15) is 0 Å². The topological polar surface area (TPSA) is 69.7 Å². The molecule has 3 aromatic rings. The van der Waals surface area contributed by atoms with Crippen LogP contribution in [0, 0.1) is 0 Å². The Balaban J connectivity index is 2.14. The van der Waals surface area contributed by atoms with Crippen molar-refractivity contribution < 1.29 is 0 Å². The first-order valence-electron chi connectivity index (χ1n) is 7.11. The van der Waals surface area contributed by atoms with E-state index < -0.39 is 0 Å². The van der Waals surface area contributed by atoms with Gasteiger partial charge >= 0.3 is 0 Å². The minimum atomic E-state index is 0.610. The molecule has 3 rings (SSSR count). The molecule has 0 aliphatic carbocycles. The molecule has 0 fully saturated rings. The summed E-state index contributed by atoms with van der Waals surface area (Å²) >= 11 is 0. The Kier molecular flexibility index (Phi) is 3.68. The zero-order valence-corrected chi connectivity index (χ0v) is 12.2. The number of hydrogen-bond acceptors (Lipinski definition) is 5. The van der Waals surface area contributed by atoms with Gasteiger partial charge in [-0.15, -0.1) is 0 Å². The van der Waals surface area contributed by atoms with Crippen molar-refractivity contribution >= 4 is 28.5 Å². The van der Waals surface area contributed by atoms with E-state index in [-0.39, 0.29) is 0 Å². The van der Waals surface area contributed by atoms with Crippen molar-refractivity contribution in [2.45, 2.75) is 13.8 Å². The number of aromatic amines is 1. The fraction of sp³-hybridized carbons (Fsp3) is 0.267. The van der Waals surface area contributed by atoms with Crippen LogP contribution in [0.2, 0.25) is 0 Å². The summed E-state index contributed by atoms with van der Waals surface area (Å²) in [4.78, 5) is 11.2. The summed E-state index contributed by atoms with van der Waals surface area (Å²) in [6, 6.07) is 10.2. The first-order chi connectivity index (χ1) is 10.3. The van der Waals surface area contributed by atoms with Gasteiger partial charge in [-0.3, -0.25) is 5.10 Å². The van der Waals surface area contributed by atoms with E-state index >= 15 is 0 Å². The monoisotopic (exact) mass is 282 g/mol. The molecule has 0 bridgehead atoms. The molecule has 21 heavy (non-hydrogen) atoms. The van der Waals surface area contributed by atoms with E-state index in [0.29, 0.717) is 5.95 Å². The lowest BCUT2D eigenvalue weighted by molar-refractivity contribution is 0.983. The molecule has 0 aliphatic rings. The van der Waals surface area contributed by atoms with Gasteiger partial charge < -0.3 is 10.2 Å². The Bertz CT molecular complexity index is 721. The SMILES string of the molecule is CCNc1nc(N(CC)c2ccccc2)c2cn[nH]c2n1. The van der Waals surface area contributed by atoms with Crippen LogP contribution in [-0.2, 0) is 0 Å². The molecule has 0 aliphatic heterocycles. The van der Waals surface area contributed by atoms with Gasteiger partial charge in [0.25, 0.3) is 0 Å². The standard InChI is InChI=1S/C15H18N6/c1-3-16-15-18-13-12(10-17-20-13)14(19-15)21(4-2)11-8-6-5-7-9-11/h5-10H,3-4H2,1-2H3,(H2,16,17,18,19,20). The van der Waals surface area contributed by atoms with Crippen LogP contribution in [0.5, 0.6) is 0 Å². The van der Waals surface area contributed by atoms with Gasteiger partial charge in [0.2, 0.25) is 5.95 Å². The quantitative estimate of drug-likeness (QED) is 0.753. The Morgan fingerprint density at radius 2 is 1.95 bits per heavy atom. The molecule has 0 radical (unpaired) electrons. The highest BCUT2D eigenvalue weighted by Crippen LogP contribution is 2.29. The van der Waals surface area contributed by atoms with Crippen molar-refractivity contribution in [3.63, 3.8) is 0 Å². The van der Waals surface area contributed by atoms with Crippen LogP contribution in [0.15, 0.2) is 36.5 Å². The van der Waals surface area contributed by atoms with Crippen LogP contribution >= 0.6 is 0 Å². The molecule has 0 atom stereocenters. The second kappa shape index (κ2) is 5.78. The molecule has 6 nitrogen and oxygen atoms in total. The van der Waals surface area contributed by atoms with Gasteiger partial charge in [0, 0.05) is 18.8 Å².